The van der Waals surface area contributed by atoms with E-state index in [1.165, 1.54) is 0 Å². The molecule has 0 saturated carbocycles. The van der Waals surface area contributed by atoms with Gasteiger partial charge >= 0.3 is 0 Å². The largest absolute Gasteiger partial charge is 0.396 e. The molecule has 1 aromatic rings. The van der Waals surface area contributed by atoms with Gasteiger partial charge in [0.1, 0.15) is 6.04 Å². The number of unbranched alkanes of at least 4 members (excludes halogenated alkanes) is 2. The molecule has 3 heterocycles. The molecule has 3 saturated heterocycles. The summed E-state index contributed by atoms with van der Waals surface area (Å²) in [5.74, 6) is -1.24. The van der Waals surface area contributed by atoms with E-state index in [1.807, 2.05) is 31.2 Å². The van der Waals surface area contributed by atoms with Crippen molar-refractivity contribution < 1.29 is 19.5 Å². The number of amides is 3. The molecular weight excluding hydrogens is 500 g/mol. The van der Waals surface area contributed by atoms with Gasteiger partial charge in [-0.05, 0) is 83.6 Å². The van der Waals surface area contributed by atoms with Crippen LogP contribution in [-0.4, -0.2) is 76.0 Å². The summed E-state index contributed by atoms with van der Waals surface area (Å²) in [6.45, 7) is 11.3. The summed E-state index contributed by atoms with van der Waals surface area (Å²) < 4.78 is -0.965. The van der Waals surface area contributed by atoms with Crippen LogP contribution in [0.2, 0.25) is 0 Å². The Labute approximate surface area is 231 Å². The first-order chi connectivity index (χ1) is 18.3. The Morgan fingerprint density at radius 3 is 2.42 bits per heavy atom. The second-order valence-corrected chi connectivity index (χ2v) is 12.9. The highest BCUT2D eigenvalue weighted by molar-refractivity contribution is 8.02. The number of carbonyl (C=O) groups excluding carboxylic acids is 3. The van der Waals surface area contributed by atoms with Crippen LogP contribution in [0.3, 0.4) is 0 Å². The molecule has 38 heavy (non-hydrogen) atoms. The second kappa shape index (κ2) is 11.9. The fourth-order valence-corrected chi connectivity index (χ4v) is 9.21. The number of benzene rings is 1. The fourth-order valence-electron chi connectivity index (χ4n) is 6.85. The van der Waals surface area contributed by atoms with E-state index in [1.54, 1.807) is 16.7 Å². The maximum Gasteiger partial charge on any atom is 0.248 e. The summed E-state index contributed by atoms with van der Waals surface area (Å²) in [7, 11) is 0. The smallest absolute Gasteiger partial charge is 0.248 e. The Morgan fingerprint density at radius 2 is 1.79 bits per heavy atom. The monoisotopic (exact) mass is 544 g/mol. The molecule has 0 aliphatic carbocycles. The first-order valence-electron chi connectivity index (χ1n) is 14.3. The molecule has 2 bridgehead atoms. The van der Waals surface area contributed by atoms with E-state index in [4.69, 9.17) is 0 Å². The number of anilines is 2. The molecule has 3 amide bonds. The Morgan fingerprint density at radius 1 is 1.08 bits per heavy atom. The first-order valence-corrected chi connectivity index (χ1v) is 15.1. The van der Waals surface area contributed by atoms with Crippen LogP contribution < -0.4 is 15.5 Å². The molecule has 8 nitrogen and oxygen atoms in total. The average Bonchev–Trinajstić information content (AvgIpc) is 3.47. The third-order valence-electron chi connectivity index (χ3n) is 8.68. The highest BCUT2D eigenvalue weighted by atomic mass is 32.2. The third kappa shape index (κ3) is 5.04. The van der Waals surface area contributed by atoms with Gasteiger partial charge in [-0.2, -0.15) is 0 Å². The van der Waals surface area contributed by atoms with Gasteiger partial charge in [0.15, 0.2) is 0 Å². The summed E-state index contributed by atoms with van der Waals surface area (Å²) in [6.07, 6.45) is 4.56. The minimum atomic E-state index is -0.632. The number of likely N-dealkylation sites (tertiary alicyclic amines) is 1. The van der Waals surface area contributed by atoms with Crippen molar-refractivity contribution in [3.63, 3.8) is 0 Å². The number of thioether (sulfide) groups is 1. The van der Waals surface area contributed by atoms with Crippen molar-refractivity contribution in [2.75, 3.05) is 43.0 Å². The molecule has 0 radical (unpaired) electrons. The van der Waals surface area contributed by atoms with Crippen LogP contribution in [0.25, 0.3) is 0 Å². The zero-order valence-corrected chi connectivity index (χ0v) is 24.1. The van der Waals surface area contributed by atoms with E-state index in [-0.39, 0.29) is 29.1 Å². The van der Waals surface area contributed by atoms with Crippen molar-refractivity contribution in [1.82, 2.24) is 10.2 Å². The SMILES string of the molecule is CCCNC(=O)[C@@H]1[C@H]2C(=O)N(CCCCCO)C(C(=O)Nc3ccc(N(CC)CC)cc3)C23CC[C@@]1(C)S3. The minimum Gasteiger partial charge on any atom is -0.396 e. The van der Waals surface area contributed by atoms with Gasteiger partial charge in [-0.1, -0.05) is 6.92 Å². The molecule has 2 unspecified atom stereocenters. The van der Waals surface area contributed by atoms with Crippen molar-refractivity contribution >= 4 is 40.9 Å². The quantitative estimate of drug-likeness (QED) is 0.328. The number of aliphatic hydroxyl groups excluding tert-OH is 1. The normalized spacial score (nSPS) is 29.4. The number of nitrogens with zero attached hydrogens (tertiary/aromatic N) is 2. The van der Waals surface area contributed by atoms with Gasteiger partial charge in [-0.15, -0.1) is 11.8 Å². The van der Waals surface area contributed by atoms with Crippen LogP contribution in [0.5, 0.6) is 0 Å². The van der Waals surface area contributed by atoms with Crippen LogP contribution in [0, 0.1) is 11.8 Å². The standard InChI is InChI=1S/C29H44N4O4S/c1-5-17-30-25(35)22-23-27(37)33(18-9-8-10-19-34)24(29(23)16-15-28(22,4)38-29)26(36)31-20-11-13-21(14-12-20)32(6-2)7-3/h11-14,22-24,34H,5-10,15-19H2,1-4H3,(H,30,35)(H,31,36)/t22-,23-,24?,28+,29?/m0/s1. The molecule has 3 aliphatic heterocycles. The van der Waals surface area contributed by atoms with E-state index in [0.717, 1.165) is 44.5 Å². The number of fused-ring (bicyclic) bond motifs is 1. The molecule has 3 aliphatic rings. The summed E-state index contributed by atoms with van der Waals surface area (Å²) in [4.78, 5) is 45.4. The number of aliphatic hydroxyl groups is 1. The van der Waals surface area contributed by atoms with E-state index >= 15 is 0 Å². The van der Waals surface area contributed by atoms with Gasteiger partial charge in [0.25, 0.3) is 0 Å². The molecule has 5 atom stereocenters. The van der Waals surface area contributed by atoms with Crippen molar-refractivity contribution in [3.8, 4) is 0 Å². The predicted molar refractivity (Wildman–Crippen MR) is 153 cm³/mol. The van der Waals surface area contributed by atoms with Crippen molar-refractivity contribution in [1.29, 1.82) is 0 Å². The summed E-state index contributed by atoms with van der Waals surface area (Å²) >= 11 is 1.70. The molecule has 4 rings (SSSR count). The predicted octanol–water partition coefficient (Wildman–Crippen LogP) is 3.64. The fraction of sp³-hybridized carbons (Fsp3) is 0.690. The Hall–Kier alpha value is -2.26. The van der Waals surface area contributed by atoms with Crippen molar-refractivity contribution in [3.05, 3.63) is 24.3 Å². The topological polar surface area (TPSA) is 102 Å². The molecule has 1 aromatic carbocycles. The second-order valence-electron chi connectivity index (χ2n) is 11.0. The van der Waals surface area contributed by atoms with Crippen molar-refractivity contribution in [2.45, 2.75) is 81.8 Å². The summed E-state index contributed by atoms with van der Waals surface area (Å²) in [6, 6.07) is 7.24. The van der Waals surface area contributed by atoms with E-state index in [9.17, 15) is 19.5 Å². The van der Waals surface area contributed by atoms with Crippen LogP contribution in [-0.2, 0) is 14.4 Å². The number of carbonyl (C=O) groups is 3. The van der Waals surface area contributed by atoms with Gasteiger partial charge in [-0.3, -0.25) is 14.4 Å². The molecule has 3 N–H and O–H groups in total. The molecule has 9 heteroatoms. The highest BCUT2D eigenvalue weighted by Crippen LogP contribution is 2.71. The maximum atomic E-state index is 14.0. The lowest BCUT2D eigenvalue weighted by Gasteiger charge is -2.34. The average molecular weight is 545 g/mol. The van der Waals surface area contributed by atoms with E-state index in [0.29, 0.717) is 31.6 Å². The lowest BCUT2D eigenvalue weighted by molar-refractivity contribution is -0.140. The molecule has 0 aromatic heterocycles. The van der Waals surface area contributed by atoms with E-state index in [2.05, 4.69) is 36.3 Å². The number of rotatable bonds is 13. The highest BCUT2D eigenvalue weighted by Gasteiger charge is 2.76. The maximum absolute atomic E-state index is 14.0. The van der Waals surface area contributed by atoms with Crippen LogP contribution in [0.1, 0.15) is 66.2 Å². The van der Waals surface area contributed by atoms with Gasteiger partial charge in [0, 0.05) is 48.9 Å². The van der Waals surface area contributed by atoms with Crippen molar-refractivity contribution in [2.24, 2.45) is 11.8 Å². The lowest BCUT2D eigenvalue weighted by atomic mass is 9.66. The van der Waals surface area contributed by atoms with Gasteiger partial charge < -0.3 is 25.5 Å². The van der Waals surface area contributed by atoms with Crippen LogP contribution in [0.15, 0.2) is 24.3 Å². The number of hydrogen-bond acceptors (Lipinski definition) is 6. The zero-order chi connectivity index (χ0) is 27.5. The number of hydrogen-bond donors (Lipinski definition) is 3. The van der Waals surface area contributed by atoms with Gasteiger partial charge in [0.05, 0.1) is 16.6 Å². The Kier molecular flexibility index (Phi) is 8.97. The lowest BCUT2D eigenvalue weighted by Crippen LogP contribution is -2.52. The van der Waals surface area contributed by atoms with Gasteiger partial charge in [-0.25, -0.2) is 0 Å². The number of nitrogens with one attached hydrogen (secondary N) is 2. The molecule has 1 spiro atoms. The van der Waals surface area contributed by atoms with Crippen LogP contribution in [0.4, 0.5) is 11.4 Å². The van der Waals surface area contributed by atoms with Gasteiger partial charge in [0.2, 0.25) is 17.7 Å². The summed E-state index contributed by atoms with van der Waals surface area (Å²) in [5, 5.41) is 15.4. The van der Waals surface area contributed by atoms with Crippen LogP contribution >= 0.6 is 11.8 Å². The summed E-state index contributed by atoms with van der Waals surface area (Å²) in [5.41, 5.74) is 1.81. The van der Waals surface area contributed by atoms with E-state index < -0.39 is 22.6 Å². The Balaban J connectivity index is 1.62. The zero-order valence-electron chi connectivity index (χ0n) is 23.3. The Bertz CT molecular complexity index is 1020. The molecule has 210 valence electrons. The first kappa shape index (κ1) is 28.7. The minimum absolute atomic E-state index is 0.0601. The molecule has 3 fully saturated rings. The third-order valence-corrected chi connectivity index (χ3v) is 10.7. The molecular formula is C29H44N4O4S.